The van der Waals surface area contributed by atoms with Gasteiger partial charge in [0.25, 0.3) is 0 Å². The highest BCUT2D eigenvalue weighted by molar-refractivity contribution is 7.10. The van der Waals surface area contributed by atoms with Crippen LogP contribution in [0, 0.1) is 5.92 Å². The highest BCUT2D eigenvalue weighted by atomic mass is 32.1. The van der Waals surface area contributed by atoms with Crippen molar-refractivity contribution >= 4 is 23.2 Å². The van der Waals surface area contributed by atoms with E-state index in [9.17, 15) is 14.7 Å². The number of likely N-dealkylation sites (tertiary alicyclic amines) is 1. The quantitative estimate of drug-likeness (QED) is 0.877. The minimum atomic E-state index is -0.888. The second-order valence-electron chi connectivity index (χ2n) is 5.65. The maximum atomic E-state index is 12.3. The first-order chi connectivity index (χ1) is 10.7. The molecule has 0 bridgehead atoms. The summed E-state index contributed by atoms with van der Waals surface area (Å²) in [6.45, 7) is 4.52. The summed E-state index contributed by atoms with van der Waals surface area (Å²) in [6, 6.07) is 3.50. The molecule has 2 fully saturated rings. The van der Waals surface area contributed by atoms with E-state index in [1.165, 1.54) is 11.3 Å². The summed E-state index contributed by atoms with van der Waals surface area (Å²) in [5.41, 5.74) is 0. The number of carbonyl (C=O) groups is 2. The molecule has 2 unspecified atom stereocenters. The Morgan fingerprint density at radius 3 is 2.77 bits per heavy atom. The van der Waals surface area contributed by atoms with Crippen molar-refractivity contribution in [3.05, 3.63) is 22.4 Å². The Bertz CT molecular complexity index is 528. The number of carboxylic acid groups (broad SMARTS) is 1. The zero-order chi connectivity index (χ0) is 15.5. The number of carbonyl (C=O) groups excluding carboxylic acids is 1. The SMILES string of the molecule is O=C(O)C1CC(=O)N(CCN2CCOCC2)C1c1cccs1. The van der Waals surface area contributed by atoms with Gasteiger partial charge in [0.15, 0.2) is 0 Å². The summed E-state index contributed by atoms with van der Waals surface area (Å²) >= 11 is 1.52. The number of morpholine rings is 1. The van der Waals surface area contributed by atoms with Gasteiger partial charge in [-0.1, -0.05) is 6.07 Å². The predicted molar refractivity (Wildman–Crippen MR) is 81.8 cm³/mol. The predicted octanol–water partition coefficient (Wildman–Crippen LogP) is 1.05. The first kappa shape index (κ1) is 15.5. The number of hydrogen-bond acceptors (Lipinski definition) is 5. The number of amides is 1. The third kappa shape index (κ3) is 3.16. The van der Waals surface area contributed by atoms with Gasteiger partial charge in [0.05, 0.1) is 25.2 Å². The molecule has 6 nitrogen and oxygen atoms in total. The molecule has 2 atom stereocenters. The minimum absolute atomic E-state index is 0.0564. The Balaban J connectivity index is 1.72. The summed E-state index contributed by atoms with van der Waals surface area (Å²) < 4.78 is 5.32. The van der Waals surface area contributed by atoms with Crippen LogP contribution in [0.1, 0.15) is 17.3 Å². The third-order valence-corrected chi connectivity index (χ3v) is 5.29. The van der Waals surface area contributed by atoms with Gasteiger partial charge < -0.3 is 14.7 Å². The lowest BCUT2D eigenvalue weighted by Gasteiger charge is -2.31. The molecule has 0 saturated carbocycles. The van der Waals surface area contributed by atoms with E-state index in [1.807, 2.05) is 17.5 Å². The fraction of sp³-hybridized carbons (Fsp3) is 0.600. The van der Waals surface area contributed by atoms with Crippen molar-refractivity contribution in [3.63, 3.8) is 0 Å². The van der Waals surface area contributed by atoms with Gasteiger partial charge in [-0.15, -0.1) is 11.3 Å². The van der Waals surface area contributed by atoms with Gasteiger partial charge in [-0.2, -0.15) is 0 Å². The molecule has 3 rings (SSSR count). The Hall–Kier alpha value is -1.44. The molecule has 1 amide bonds. The second-order valence-corrected chi connectivity index (χ2v) is 6.63. The van der Waals surface area contributed by atoms with E-state index in [0.29, 0.717) is 6.54 Å². The summed E-state index contributed by atoms with van der Waals surface area (Å²) in [5.74, 6) is -1.59. The van der Waals surface area contributed by atoms with Gasteiger partial charge in [0, 0.05) is 37.5 Å². The average Bonchev–Trinajstić information content (AvgIpc) is 3.13. The molecule has 0 aliphatic carbocycles. The average molecular weight is 324 g/mol. The second kappa shape index (κ2) is 6.76. The molecule has 1 N–H and O–H groups in total. The maximum absolute atomic E-state index is 12.3. The molecular weight excluding hydrogens is 304 g/mol. The largest absolute Gasteiger partial charge is 0.481 e. The van der Waals surface area contributed by atoms with Gasteiger partial charge >= 0.3 is 5.97 Å². The molecular formula is C15H20N2O4S. The number of carboxylic acids is 1. The van der Waals surface area contributed by atoms with Crippen LogP contribution in [0.25, 0.3) is 0 Å². The van der Waals surface area contributed by atoms with Crippen LogP contribution in [-0.4, -0.2) is 66.2 Å². The summed E-state index contributed by atoms with van der Waals surface area (Å²) in [5, 5.41) is 11.4. The fourth-order valence-corrected chi connectivity index (χ4v) is 4.06. The summed E-state index contributed by atoms with van der Waals surface area (Å²) in [6.07, 6.45) is 0.0982. The van der Waals surface area contributed by atoms with Crippen LogP contribution in [0.4, 0.5) is 0 Å². The minimum Gasteiger partial charge on any atom is -0.481 e. The van der Waals surface area contributed by atoms with Gasteiger partial charge in [0.1, 0.15) is 0 Å². The maximum Gasteiger partial charge on any atom is 0.309 e. The lowest BCUT2D eigenvalue weighted by atomic mass is 9.99. The molecule has 2 saturated heterocycles. The topological polar surface area (TPSA) is 70.1 Å². The van der Waals surface area contributed by atoms with Crippen LogP contribution < -0.4 is 0 Å². The van der Waals surface area contributed by atoms with Crippen LogP contribution in [-0.2, 0) is 14.3 Å². The molecule has 2 aliphatic rings. The van der Waals surface area contributed by atoms with Crippen molar-refractivity contribution in [1.82, 2.24) is 9.80 Å². The van der Waals surface area contributed by atoms with E-state index in [0.717, 1.165) is 37.7 Å². The van der Waals surface area contributed by atoms with Gasteiger partial charge in [-0.05, 0) is 11.4 Å². The molecule has 0 spiro atoms. The van der Waals surface area contributed by atoms with E-state index in [4.69, 9.17) is 4.74 Å². The van der Waals surface area contributed by atoms with Crippen molar-refractivity contribution in [2.45, 2.75) is 12.5 Å². The Morgan fingerprint density at radius 1 is 1.36 bits per heavy atom. The van der Waals surface area contributed by atoms with E-state index in [2.05, 4.69) is 4.90 Å². The molecule has 0 radical (unpaired) electrons. The van der Waals surface area contributed by atoms with E-state index in [1.54, 1.807) is 4.90 Å². The Kier molecular flexibility index (Phi) is 4.75. The molecule has 7 heteroatoms. The van der Waals surface area contributed by atoms with Gasteiger partial charge in [-0.3, -0.25) is 14.5 Å². The Morgan fingerprint density at radius 2 is 2.14 bits per heavy atom. The molecule has 22 heavy (non-hydrogen) atoms. The molecule has 0 aromatic carbocycles. The van der Waals surface area contributed by atoms with Crippen LogP contribution in [0.2, 0.25) is 0 Å². The number of hydrogen-bond donors (Lipinski definition) is 1. The number of aliphatic carboxylic acids is 1. The van der Waals surface area contributed by atoms with Crippen molar-refractivity contribution < 1.29 is 19.4 Å². The zero-order valence-electron chi connectivity index (χ0n) is 12.3. The Labute approximate surface area is 133 Å². The third-order valence-electron chi connectivity index (χ3n) is 4.34. The molecule has 1 aromatic heterocycles. The molecule has 1 aromatic rings. The van der Waals surface area contributed by atoms with Crippen LogP contribution in [0.5, 0.6) is 0 Å². The summed E-state index contributed by atoms with van der Waals surface area (Å²) in [4.78, 5) is 28.8. The van der Waals surface area contributed by atoms with Gasteiger partial charge in [-0.25, -0.2) is 0 Å². The van der Waals surface area contributed by atoms with Crippen LogP contribution >= 0.6 is 11.3 Å². The lowest BCUT2D eigenvalue weighted by molar-refractivity contribution is -0.142. The fourth-order valence-electron chi connectivity index (χ4n) is 3.16. The lowest BCUT2D eigenvalue weighted by Crippen LogP contribution is -2.42. The number of thiophene rings is 1. The monoisotopic (exact) mass is 324 g/mol. The van der Waals surface area contributed by atoms with Crippen molar-refractivity contribution in [2.24, 2.45) is 5.92 Å². The molecule has 120 valence electrons. The molecule has 2 aliphatic heterocycles. The van der Waals surface area contributed by atoms with Crippen molar-refractivity contribution in [2.75, 3.05) is 39.4 Å². The van der Waals surface area contributed by atoms with Crippen molar-refractivity contribution in [1.29, 1.82) is 0 Å². The number of rotatable bonds is 5. The smallest absolute Gasteiger partial charge is 0.309 e. The summed E-state index contributed by atoms with van der Waals surface area (Å²) in [7, 11) is 0. The van der Waals surface area contributed by atoms with Crippen molar-refractivity contribution in [3.8, 4) is 0 Å². The zero-order valence-corrected chi connectivity index (χ0v) is 13.1. The normalized spacial score (nSPS) is 26.5. The van der Waals surface area contributed by atoms with Crippen LogP contribution in [0.3, 0.4) is 0 Å². The van der Waals surface area contributed by atoms with E-state index >= 15 is 0 Å². The first-order valence-electron chi connectivity index (χ1n) is 7.52. The number of nitrogens with zero attached hydrogens (tertiary/aromatic N) is 2. The standard InChI is InChI=1S/C15H20N2O4S/c18-13-10-11(15(19)20)14(12-2-1-9-22-12)17(13)4-3-16-5-7-21-8-6-16/h1-2,9,11,14H,3-8,10H2,(H,19,20). The van der Waals surface area contributed by atoms with Gasteiger partial charge in [0.2, 0.25) is 5.91 Å². The highest BCUT2D eigenvalue weighted by Gasteiger charge is 2.44. The van der Waals surface area contributed by atoms with E-state index in [-0.39, 0.29) is 18.4 Å². The first-order valence-corrected chi connectivity index (χ1v) is 8.40. The highest BCUT2D eigenvalue weighted by Crippen LogP contribution is 2.40. The molecule has 3 heterocycles. The number of ether oxygens (including phenoxy) is 1. The van der Waals surface area contributed by atoms with Crippen LogP contribution in [0.15, 0.2) is 17.5 Å². The van der Waals surface area contributed by atoms with E-state index < -0.39 is 11.9 Å².